The number of hydrogen-bond donors (Lipinski definition) is 1. The van der Waals surface area contributed by atoms with Gasteiger partial charge in [0.25, 0.3) is 0 Å². The molecule has 0 amide bonds. The van der Waals surface area contributed by atoms with Gasteiger partial charge in [0, 0.05) is 18.8 Å². The van der Waals surface area contributed by atoms with Gasteiger partial charge in [-0.2, -0.15) is 0 Å². The van der Waals surface area contributed by atoms with Gasteiger partial charge in [0.1, 0.15) is 0 Å². The van der Waals surface area contributed by atoms with Crippen molar-refractivity contribution in [3.05, 3.63) is 36.5 Å². The Morgan fingerprint density at radius 3 is 2.36 bits per heavy atom. The molecule has 0 fully saturated rings. The van der Waals surface area contributed by atoms with E-state index in [-0.39, 0.29) is 5.76 Å². The first-order valence-corrected chi connectivity index (χ1v) is 3.09. The van der Waals surface area contributed by atoms with Crippen LogP contribution in [-0.4, -0.2) is 14.2 Å². The summed E-state index contributed by atoms with van der Waals surface area (Å²) >= 11 is 0. The van der Waals surface area contributed by atoms with Gasteiger partial charge in [-0.15, -0.1) is 0 Å². The summed E-state index contributed by atoms with van der Waals surface area (Å²) in [5.41, 5.74) is 0.570. The zero-order valence-electron chi connectivity index (χ0n) is 6.78. The Bertz CT molecular complexity index is 196. The van der Waals surface area contributed by atoms with Crippen molar-refractivity contribution in [3.8, 4) is 0 Å². The number of likely N-dealkylation sites (N-methyl/N-ethyl adjacent to an activating group) is 1. The van der Waals surface area contributed by atoms with Gasteiger partial charge >= 0.3 is 0 Å². The second-order valence-corrected chi connectivity index (χ2v) is 1.89. The molecule has 0 aromatic carbocycles. The van der Waals surface area contributed by atoms with Crippen LogP contribution < -0.4 is 5.32 Å². The summed E-state index contributed by atoms with van der Waals surface area (Å²) in [7, 11) is 3.06. The van der Waals surface area contributed by atoms with Crippen molar-refractivity contribution in [2.24, 2.45) is 0 Å². The maximum Gasteiger partial charge on any atom is 0.157 e. The van der Waals surface area contributed by atoms with E-state index in [1.807, 2.05) is 0 Å². The Balaban J connectivity index is 4.35. The van der Waals surface area contributed by atoms with Crippen LogP contribution in [0.4, 0.5) is 4.39 Å². The second kappa shape index (κ2) is 4.55. The van der Waals surface area contributed by atoms with E-state index in [1.54, 1.807) is 7.05 Å². The van der Waals surface area contributed by atoms with Crippen molar-refractivity contribution in [1.29, 1.82) is 0 Å². The van der Waals surface area contributed by atoms with E-state index in [9.17, 15) is 4.39 Å². The third-order valence-electron chi connectivity index (χ3n) is 1.11. The van der Waals surface area contributed by atoms with Gasteiger partial charge in [0.2, 0.25) is 0 Å². The van der Waals surface area contributed by atoms with Gasteiger partial charge in [-0.05, 0) is 0 Å². The summed E-state index contributed by atoms with van der Waals surface area (Å²) in [6.45, 7) is 6.65. The molecule has 0 bridgehead atoms. The van der Waals surface area contributed by atoms with Crippen LogP contribution >= 0.6 is 0 Å². The zero-order valence-corrected chi connectivity index (χ0v) is 6.78. The van der Waals surface area contributed by atoms with Crippen molar-refractivity contribution < 1.29 is 9.13 Å². The Kier molecular flexibility index (Phi) is 4.03. The van der Waals surface area contributed by atoms with Gasteiger partial charge in [0.05, 0.1) is 7.11 Å². The van der Waals surface area contributed by atoms with Gasteiger partial charge in [0.15, 0.2) is 11.6 Å². The number of hydrogen-bond acceptors (Lipinski definition) is 2. The van der Waals surface area contributed by atoms with Crippen LogP contribution in [-0.2, 0) is 4.74 Å². The molecule has 3 heteroatoms. The lowest BCUT2D eigenvalue weighted by molar-refractivity contribution is 0.283. The highest BCUT2D eigenvalue weighted by Crippen LogP contribution is 2.10. The monoisotopic (exact) mass is 157 g/mol. The molecule has 62 valence electrons. The SMILES string of the molecule is C=C(/C=C(/OC)C(=C)F)NC. The van der Waals surface area contributed by atoms with Crippen molar-refractivity contribution in [2.45, 2.75) is 0 Å². The number of rotatable bonds is 4. The average Bonchev–Trinajstić information content (AvgIpc) is 1.99. The normalized spacial score (nSPS) is 10.6. The predicted octanol–water partition coefficient (Wildman–Crippen LogP) is 1.73. The van der Waals surface area contributed by atoms with Crippen LogP contribution in [0.5, 0.6) is 0 Å². The number of methoxy groups -OCH3 is 1. The smallest absolute Gasteiger partial charge is 0.157 e. The van der Waals surface area contributed by atoms with E-state index in [0.717, 1.165) is 0 Å². The Hall–Kier alpha value is -1.25. The Labute approximate surface area is 66.1 Å². The maximum atomic E-state index is 12.4. The van der Waals surface area contributed by atoms with E-state index in [2.05, 4.69) is 23.2 Å². The summed E-state index contributed by atoms with van der Waals surface area (Å²) < 4.78 is 17.1. The number of nitrogens with one attached hydrogen (secondary N) is 1. The number of ether oxygens (including phenoxy) is 1. The molecular formula is C8H12FNO. The van der Waals surface area contributed by atoms with Crippen LogP contribution in [0.3, 0.4) is 0 Å². The molecule has 0 rings (SSSR count). The summed E-state index contributed by atoms with van der Waals surface area (Å²) in [4.78, 5) is 0. The van der Waals surface area contributed by atoms with Crippen LogP contribution in [0.2, 0.25) is 0 Å². The predicted molar refractivity (Wildman–Crippen MR) is 43.5 cm³/mol. The molecule has 0 aromatic rings. The second-order valence-electron chi connectivity index (χ2n) is 1.89. The molecule has 0 aliphatic carbocycles. The molecule has 0 aliphatic heterocycles. The van der Waals surface area contributed by atoms with Crippen molar-refractivity contribution in [1.82, 2.24) is 5.32 Å². The minimum atomic E-state index is -0.607. The highest BCUT2D eigenvalue weighted by Gasteiger charge is 1.99. The third kappa shape index (κ3) is 3.45. The van der Waals surface area contributed by atoms with Gasteiger partial charge in [-0.3, -0.25) is 0 Å². The lowest BCUT2D eigenvalue weighted by atomic mass is 10.3. The molecule has 1 N–H and O–H groups in total. The summed E-state index contributed by atoms with van der Waals surface area (Å²) in [6, 6.07) is 0. The molecule has 0 heterocycles. The van der Waals surface area contributed by atoms with Crippen LogP contribution in [0.1, 0.15) is 0 Å². The summed E-state index contributed by atoms with van der Waals surface area (Å²) in [5, 5.41) is 2.73. The summed E-state index contributed by atoms with van der Waals surface area (Å²) in [6.07, 6.45) is 1.43. The van der Waals surface area contributed by atoms with Crippen molar-refractivity contribution in [3.63, 3.8) is 0 Å². The maximum absolute atomic E-state index is 12.4. The first-order valence-electron chi connectivity index (χ1n) is 3.09. The minimum Gasteiger partial charge on any atom is -0.494 e. The van der Waals surface area contributed by atoms with Crippen LogP contribution in [0.25, 0.3) is 0 Å². The minimum absolute atomic E-state index is 0.0874. The van der Waals surface area contributed by atoms with Crippen LogP contribution in [0, 0.1) is 0 Å². The van der Waals surface area contributed by atoms with Crippen molar-refractivity contribution in [2.75, 3.05) is 14.2 Å². The molecule has 2 nitrogen and oxygen atoms in total. The third-order valence-corrected chi connectivity index (χ3v) is 1.11. The van der Waals surface area contributed by atoms with Crippen LogP contribution in [0.15, 0.2) is 36.5 Å². The molecule has 0 aliphatic rings. The molecular weight excluding hydrogens is 145 g/mol. The Morgan fingerprint density at radius 1 is 1.55 bits per heavy atom. The molecule has 0 aromatic heterocycles. The zero-order chi connectivity index (χ0) is 8.85. The molecule has 0 spiro atoms. The van der Waals surface area contributed by atoms with Gasteiger partial charge in [-0.1, -0.05) is 13.2 Å². The van der Waals surface area contributed by atoms with E-state index >= 15 is 0 Å². The number of allylic oxidation sites excluding steroid dienone is 2. The average molecular weight is 157 g/mol. The lowest BCUT2D eigenvalue weighted by Crippen LogP contribution is -2.02. The quantitative estimate of drug-likeness (QED) is 0.495. The fraction of sp³-hybridized carbons (Fsp3) is 0.250. The molecule has 0 saturated heterocycles. The van der Waals surface area contributed by atoms with E-state index in [0.29, 0.717) is 5.70 Å². The van der Waals surface area contributed by atoms with Gasteiger partial charge < -0.3 is 10.1 Å². The molecule has 0 radical (unpaired) electrons. The first kappa shape index (κ1) is 9.75. The van der Waals surface area contributed by atoms with E-state index in [4.69, 9.17) is 0 Å². The van der Waals surface area contributed by atoms with Crippen molar-refractivity contribution >= 4 is 0 Å². The van der Waals surface area contributed by atoms with Gasteiger partial charge in [-0.25, -0.2) is 4.39 Å². The Morgan fingerprint density at radius 2 is 2.09 bits per heavy atom. The largest absolute Gasteiger partial charge is 0.494 e. The fourth-order valence-corrected chi connectivity index (χ4v) is 0.478. The lowest BCUT2D eigenvalue weighted by Gasteiger charge is -2.03. The molecule has 11 heavy (non-hydrogen) atoms. The standard InChI is InChI=1S/C8H12FNO/c1-6(10-3)5-8(11-4)7(2)9/h5,10H,1-2H2,3-4H3/b8-5+. The molecule has 0 unspecified atom stereocenters. The fourth-order valence-electron chi connectivity index (χ4n) is 0.478. The molecule has 0 saturated carbocycles. The highest BCUT2D eigenvalue weighted by molar-refractivity contribution is 5.25. The highest BCUT2D eigenvalue weighted by atomic mass is 19.1. The summed E-state index contributed by atoms with van der Waals surface area (Å²) in [5.74, 6) is -0.520. The topological polar surface area (TPSA) is 21.3 Å². The molecule has 0 atom stereocenters. The van der Waals surface area contributed by atoms with E-state index in [1.165, 1.54) is 13.2 Å². The first-order chi connectivity index (χ1) is 5.11. The van der Waals surface area contributed by atoms with E-state index < -0.39 is 5.83 Å². The number of halogens is 1.